The lowest BCUT2D eigenvalue weighted by Gasteiger charge is -2.40. The van der Waals surface area contributed by atoms with E-state index in [9.17, 15) is 19.4 Å². The first-order chi connectivity index (χ1) is 13.8. The molecule has 4 rings (SSSR count). The highest BCUT2D eigenvalue weighted by molar-refractivity contribution is 6.05. The molecule has 0 atom stereocenters. The van der Waals surface area contributed by atoms with Gasteiger partial charge in [0, 0.05) is 7.05 Å². The van der Waals surface area contributed by atoms with Gasteiger partial charge in [0.2, 0.25) is 5.75 Å². The summed E-state index contributed by atoms with van der Waals surface area (Å²) in [5, 5.41) is 22.5. The Bertz CT molecular complexity index is 1140. The van der Waals surface area contributed by atoms with E-state index in [0.717, 1.165) is 0 Å². The lowest BCUT2D eigenvalue weighted by Crippen LogP contribution is -2.49. The first-order valence-corrected chi connectivity index (χ1v) is 8.93. The molecule has 1 aliphatic heterocycles. The number of hydrogen-bond donors (Lipinski definition) is 3. The van der Waals surface area contributed by atoms with Crippen LogP contribution in [0.5, 0.6) is 17.2 Å². The smallest absolute Gasteiger partial charge is 0.253 e. The average molecular weight is 401 g/mol. The summed E-state index contributed by atoms with van der Waals surface area (Å²) < 4.78 is 27.2. The van der Waals surface area contributed by atoms with E-state index in [1.165, 1.54) is 20.2 Å². The summed E-state index contributed by atoms with van der Waals surface area (Å²) in [4.78, 5) is 16.9. The molecule has 2 heterocycles. The van der Waals surface area contributed by atoms with E-state index in [1.54, 1.807) is 22.8 Å². The van der Waals surface area contributed by atoms with E-state index in [4.69, 9.17) is 9.47 Å². The van der Waals surface area contributed by atoms with Gasteiger partial charge in [-0.3, -0.25) is 4.79 Å². The summed E-state index contributed by atoms with van der Waals surface area (Å²) in [5.41, 5.74) is 0.755. The Morgan fingerprint density at radius 1 is 1.34 bits per heavy atom. The number of amides is 1. The van der Waals surface area contributed by atoms with E-state index in [0.29, 0.717) is 29.8 Å². The molecule has 1 aliphatic rings. The number of imidazole rings is 1. The number of hydrogen-bond acceptors (Lipinski definition) is 6. The number of rotatable bonds is 4. The molecule has 0 unspecified atom stereocenters. The lowest BCUT2D eigenvalue weighted by molar-refractivity contribution is -0.0868. The molecule has 1 saturated heterocycles. The van der Waals surface area contributed by atoms with E-state index in [2.05, 4.69) is 10.3 Å². The van der Waals surface area contributed by atoms with Gasteiger partial charge in [-0.15, -0.1) is 0 Å². The fourth-order valence-corrected chi connectivity index (χ4v) is 3.60. The monoisotopic (exact) mass is 401 g/mol. The van der Waals surface area contributed by atoms with Gasteiger partial charge < -0.3 is 29.6 Å². The lowest BCUT2D eigenvalue weighted by atomic mass is 9.98. The van der Waals surface area contributed by atoms with E-state index >= 15 is 0 Å². The molecule has 3 aromatic rings. The molecule has 0 bridgehead atoms. The SMILES string of the molecule is CNC(=O)c1cccc2c1nc(-c1cc(OC)c(O)c(O)c1F)n2C1(C)COC1. The molecule has 152 valence electrons. The fourth-order valence-electron chi connectivity index (χ4n) is 3.60. The standard InChI is InChI=1S/C20H20FN3O5/c1-20(8-29-9-20)24-12-6-4-5-10(19(27)22-2)15(12)23-18(24)11-7-13(28-3)16(25)17(26)14(11)21/h4-7,25-26H,8-9H2,1-3H3,(H,22,27). The molecule has 3 N–H and O–H groups in total. The molecule has 0 saturated carbocycles. The predicted octanol–water partition coefficient (Wildman–Crippen LogP) is 2.37. The topological polar surface area (TPSA) is 106 Å². The number of halogens is 1. The van der Waals surface area contributed by atoms with Crippen LogP contribution in [0.3, 0.4) is 0 Å². The largest absolute Gasteiger partial charge is 0.502 e. The van der Waals surface area contributed by atoms with Gasteiger partial charge in [-0.1, -0.05) is 6.07 Å². The Labute approximate surface area is 165 Å². The minimum absolute atomic E-state index is 0.0654. The Hall–Kier alpha value is -3.33. The van der Waals surface area contributed by atoms with Gasteiger partial charge >= 0.3 is 0 Å². The van der Waals surface area contributed by atoms with Crippen molar-refractivity contribution in [1.82, 2.24) is 14.9 Å². The van der Waals surface area contributed by atoms with E-state index < -0.39 is 22.9 Å². The van der Waals surface area contributed by atoms with Crippen LogP contribution < -0.4 is 10.1 Å². The molecule has 1 amide bonds. The molecular formula is C20H20FN3O5. The van der Waals surface area contributed by atoms with Crippen molar-refractivity contribution in [3.8, 4) is 28.6 Å². The molecule has 1 fully saturated rings. The maximum atomic E-state index is 15.0. The van der Waals surface area contributed by atoms with Crippen molar-refractivity contribution in [2.24, 2.45) is 0 Å². The van der Waals surface area contributed by atoms with Crippen LogP contribution in [0.4, 0.5) is 4.39 Å². The van der Waals surface area contributed by atoms with Gasteiger partial charge in [0.15, 0.2) is 17.3 Å². The second-order valence-electron chi connectivity index (χ2n) is 7.15. The highest BCUT2D eigenvalue weighted by atomic mass is 19.1. The Morgan fingerprint density at radius 3 is 2.66 bits per heavy atom. The molecule has 0 radical (unpaired) electrons. The van der Waals surface area contributed by atoms with Crippen LogP contribution in [0.15, 0.2) is 24.3 Å². The number of aromatic nitrogens is 2. The Kier molecular flexibility index (Phi) is 4.34. The summed E-state index contributed by atoms with van der Waals surface area (Å²) in [7, 11) is 2.81. The van der Waals surface area contributed by atoms with Gasteiger partial charge in [0.25, 0.3) is 5.91 Å². The molecule has 2 aromatic carbocycles. The van der Waals surface area contributed by atoms with E-state index in [-0.39, 0.29) is 23.0 Å². The summed E-state index contributed by atoms with van der Waals surface area (Å²) >= 11 is 0. The van der Waals surface area contributed by atoms with Crippen molar-refractivity contribution in [2.75, 3.05) is 27.4 Å². The second-order valence-corrected chi connectivity index (χ2v) is 7.15. The molecule has 0 spiro atoms. The third-order valence-electron chi connectivity index (χ3n) is 5.16. The number of methoxy groups -OCH3 is 1. The molecule has 8 nitrogen and oxygen atoms in total. The van der Waals surface area contributed by atoms with Crippen LogP contribution >= 0.6 is 0 Å². The van der Waals surface area contributed by atoms with Crippen molar-refractivity contribution < 1.29 is 28.9 Å². The third kappa shape index (κ3) is 2.69. The zero-order chi connectivity index (χ0) is 20.9. The van der Waals surface area contributed by atoms with Crippen LogP contribution in [0.25, 0.3) is 22.4 Å². The number of phenols is 2. The summed E-state index contributed by atoms with van der Waals surface area (Å²) in [6.45, 7) is 2.68. The van der Waals surface area contributed by atoms with Crippen LogP contribution in [0.1, 0.15) is 17.3 Å². The van der Waals surface area contributed by atoms with Crippen LogP contribution in [-0.4, -0.2) is 53.0 Å². The van der Waals surface area contributed by atoms with Crippen molar-refractivity contribution >= 4 is 16.9 Å². The molecule has 9 heteroatoms. The van der Waals surface area contributed by atoms with E-state index in [1.807, 2.05) is 6.92 Å². The van der Waals surface area contributed by atoms with Gasteiger partial charge in [-0.25, -0.2) is 9.37 Å². The number of ether oxygens (including phenoxy) is 2. The first-order valence-electron chi connectivity index (χ1n) is 8.93. The van der Waals surface area contributed by atoms with Crippen molar-refractivity contribution in [2.45, 2.75) is 12.5 Å². The number of carbonyl (C=O) groups is 1. The highest BCUT2D eigenvalue weighted by Crippen LogP contribution is 2.45. The minimum Gasteiger partial charge on any atom is -0.502 e. The van der Waals surface area contributed by atoms with Crippen molar-refractivity contribution in [3.63, 3.8) is 0 Å². The number of nitrogens with zero attached hydrogens (tertiary/aromatic N) is 2. The summed E-state index contributed by atoms with van der Waals surface area (Å²) in [6, 6.07) is 6.41. The number of fused-ring (bicyclic) bond motifs is 1. The number of para-hydroxylation sites is 1. The van der Waals surface area contributed by atoms with Crippen molar-refractivity contribution in [3.05, 3.63) is 35.6 Å². The first kappa shape index (κ1) is 19.0. The Morgan fingerprint density at radius 2 is 2.07 bits per heavy atom. The molecule has 0 aliphatic carbocycles. The van der Waals surface area contributed by atoms with Gasteiger partial charge in [0.05, 0.1) is 42.5 Å². The highest BCUT2D eigenvalue weighted by Gasteiger charge is 2.40. The fraction of sp³-hybridized carbons (Fsp3) is 0.300. The molecule has 29 heavy (non-hydrogen) atoms. The maximum absolute atomic E-state index is 15.0. The summed E-state index contributed by atoms with van der Waals surface area (Å²) in [5.74, 6) is -2.90. The number of benzene rings is 2. The summed E-state index contributed by atoms with van der Waals surface area (Å²) in [6.07, 6.45) is 0. The van der Waals surface area contributed by atoms with Crippen LogP contribution in [0.2, 0.25) is 0 Å². The predicted molar refractivity (Wildman–Crippen MR) is 103 cm³/mol. The second kappa shape index (κ2) is 6.63. The van der Waals surface area contributed by atoms with Gasteiger partial charge in [-0.2, -0.15) is 0 Å². The zero-order valence-electron chi connectivity index (χ0n) is 16.1. The van der Waals surface area contributed by atoms with Crippen LogP contribution in [0, 0.1) is 5.82 Å². The number of phenolic OH excluding ortho intramolecular Hbond substituents is 2. The molecule has 1 aromatic heterocycles. The average Bonchev–Trinajstić information content (AvgIpc) is 3.09. The Balaban J connectivity index is 2.09. The maximum Gasteiger partial charge on any atom is 0.253 e. The van der Waals surface area contributed by atoms with Gasteiger partial charge in [-0.05, 0) is 25.1 Å². The normalized spacial score (nSPS) is 15.2. The third-order valence-corrected chi connectivity index (χ3v) is 5.16. The number of nitrogens with one attached hydrogen (secondary N) is 1. The minimum atomic E-state index is -1.04. The number of carbonyl (C=O) groups excluding carboxylic acids is 1. The van der Waals surface area contributed by atoms with Crippen molar-refractivity contribution in [1.29, 1.82) is 0 Å². The molecular weight excluding hydrogens is 381 g/mol. The number of aromatic hydroxyl groups is 2. The zero-order valence-corrected chi connectivity index (χ0v) is 16.1. The van der Waals surface area contributed by atoms with Crippen LogP contribution in [-0.2, 0) is 10.3 Å². The quantitative estimate of drug-likeness (QED) is 0.580. The van der Waals surface area contributed by atoms with Gasteiger partial charge in [0.1, 0.15) is 11.3 Å².